The number of carbonyl (C=O) groups is 1. The first-order valence-corrected chi connectivity index (χ1v) is 3.68. The van der Waals surface area contributed by atoms with Gasteiger partial charge in [0, 0.05) is 5.69 Å². The van der Waals surface area contributed by atoms with Gasteiger partial charge in [-0.1, -0.05) is 0 Å². The van der Waals surface area contributed by atoms with E-state index in [1.54, 1.807) is 6.07 Å². The molecule has 0 saturated carbocycles. The third kappa shape index (κ3) is 2.01. The van der Waals surface area contributed by atoms with Crippen LogP contribution in [0.25, 0.3) is 0 Å². The average molecular weight is 218 g/mol. The molecule has 0 atom stereocenters. The Kier molecular flexibility index (Phi) is 2.59. The zero-order chi connectivity index (χ0) is 8.27. The standard InChI is InChI=1S/C7H5BrFNO/c8-6-2-1-5(10-4-11)3-7(6)9/h1-4H,(H,10,11). The van der Waals surface area contributed by atoms with Crippen LogP contribution in [-0.4, -0.2) is 6.41 Å². The first-order chi connectivity index (χ1) is 5.24. The Hall–Kier alpha value is -0.900. The highest BCUT2D eigenvalue weighted by Crippen LogP contribution is 2.18. The highest BCUT2D eigenvalue weighted by molar-refractivity contribution is 9.10. The maximum Gasteiger partial charge on any atom is 0.211 e. The van der Waals surface area contributed by atoms with E-state index in [1.165, 1.54) is 12.1 Å². The fourth-order valence-electron chi connectivity index (χ4n) is 0.654. The first kappa shape index (κ1) is 8.20. The Morgan fingerprint density at radius 2 is 2.27 bits per heavy atom. The van der Waals surface area contributed by atoms with Crippen LogP contribution in [0.1, 0.15) is 0 Å². The van der Waals surface area contributed by atoms with Crippen molar-refractivity contribution in [3.8, 4) is 0 Å². The van der Waals surface area contributed by atoms with Crippen molar-refractivity contribution < 1.29 is 9.18 Å². The van der Waals surface area contributed by atoms with Gasteiger partial charge in [-0.3, -0.25) is 4.79 Å². The van der Waals surface area contributed by atoms with Crippen LogP contribution >= 0.6 is 15.9 Å². The van der Waals surface area contributed by atoms with Crippen LogP contribution < -0.4 is 5.32 Å². The minimum atomic E-state index is -0.392. The molecule has 1 rings (SSSR count). The second-order valence-corrected chi connectivity index (χ2v) is 2.75. The molecule has 1 aromatic rings. The van der Waals surface area contributed by atoms with Crippen molar-refractivity contribution in [3.63, 3.8) is 0 Å². The summed E-state index contributed by atoms with van der Waals surface area (Å²) in [4.78, 5) is 9.93. The molecule has 58 valence electrons. The number of nitrogens with one attached hydrogen (secondary N) is 1. The van der Waals surface area contributed by atoms with Crippen molar-refractivity contribution in [2.75, 3.05) is 5.32 Å². The predicted octanol–water partition coefficient (Wildman–Crippen LogP) is 2.16. The molecule has 2 nitrogen and oxygen atoms in total. The molecule has 11 heavy (non-hydrogen) atoms. The van der Waals surface area contributed by atoms with E-state index in [1.807, 2.05) is 0 Å². The van der Waals surface area contributed by atoms with Crippen molar-refractivity contribution >= 4 is 28.0 Å². The highest BCUT2D eigenvalue weighted by atomic mass is 79.9. The summed E-state index contributed by atoms with van der Waals surface area (Å²) in [5.41, 5.74) is 0.445. The second kappa shape index (κ2) is 3.48. The molecule has 0 fully saturated rings. The quantitative estimate of drug-likeness (QED) is 0.757. The molecule has 0 aliphatic rings. The smallest absolute Gasteiger partial charge is 0.211 e. The summed E-state index contributed by atoms with van der Waals surface area (Å²) in [6, 6.07) is 4.36. The molecule has 0 radical (unpaired) electrons. The number of carbonyl (C=O) groups excluding carboxylic acids is 1. The van der Waals surface area contributed by atoms with Crippen molar-refractivity contribution in [1.29, 1.82) is 0 Å². The van der Waals surface area contributed by atoms with Crippen molar-refractivity contribution in [1.82, 2.24) is 0 Å². The van der Waals surface area contributed by atoms with Gasteiger partial charge >= 0.3 is 0 Å². The fourth-order valence-corrected chi connectivity index (χ4v) is 0.901. The summed E-state index contributed by atoms with van der Waals surface area (Å²) >= 11 is 2.99. The molecule has 0 unspecified atom stereocenters. The number of benzene rings is 1. The van der Waals surface area contributed by atoms with Crippen LogP contribution in [0.4, 0.5) is 10.1 Å². The zero-order valence-corrected chi connectivity index (χ0v) is 7.06. The van der Waals surface area contributed by atoms with Gasteiger partial charge in [0.1, 0.15) is 5.82 Å². The van der Waals surface area contributed by atoms with Gasteiger partial charge < -0.3 is 5.32 Å². The number of amides is 1. The first-order valence-electron chi connectivity index (χ1n) is 2.89. The Bertz CT molecular complexity index is 277. The predicted molar refractivity (Wildman–Crippen MR) is 43.8 cm³/mol. The molecule has 0 aromatic heterocycles. The molecular formula is C7H5BrFNO. The SMILES string of the molecule is O=CNc1ccc(Br)c(F)c1. The maximum atomic E-state index is 12.7. The van der Waals surface area contributed by atoms with Crippen molar-refractivity contribution in [3.05, 3.63) is 28.5 Å². The Balaban J connectivity index is 2.95. The molecule has 0 bridgehead atoms. The summed E-state index contributed by atoms with van der Waals surface area (Å²) in [6.45, 7) is 0. The van der Waals surface area contributed by atoms with E-state index in [2.05, 4.69) is 21.2 Å². The number of rotatable bonds is 2. The van der Waals surface area contributed by atoms with Gasteiger partial charge in [0.2, 0.25) is 6.41 Å². The monoisotopic (exact) mass is 217 g/mol. The highest BCUT2D eigenvalue weighted by Gasteiger charge is 1.98. The van der Waals surface area contributed by atoms with E-state index in [4.69, 9.17) is 0 Å². The van der Waals surface area contributed by atoms with Crippen LogP contribution in [0.3, 0.4) is 0 Å². The maximum absolute atomic E-state index is 12.7. The number of anilines is 1. The Morgan fingerprint density at radius 3 is 2.82 bits per heavy atom. The van der Waals surface area contributed by atoms with Gasteiger partial charge in [-0.25, -0.2) is 4.39 Å². The molecule has 1 amide bonds. The Morgan fingerprint density at radius 1 is 1.55 bits per heavy atom. The van der Waals surface area contributed by atoms with Crippen LogP contribution in [0.2, 0.25) is 0 Å². The fraction of sp³-hybridized carbons (Fsp3) is 0. The molecule has 0 aliphatic heterocycles. The minimum absolute atomic E-state index is 0.383. The van der Waals surface area contributed by atoms with Gasteiger partial charge in [-0.2, -0.15) is 0 Å². The lowest BCUT2D eigenvalue weighted by molar-refractivity contribution is -0.105. The lowest BCUT2D eigenvalue weighted by Gasteiger charge is -1.98. The molecular weight excluding hydrogens is 213 g/mol. The van der Waals surface area contributed by atoms with Gasteiger partial charge in [0.25, 0.3) is 0 Å². The summed E-state index contributed by atoms with van der Waals surface area (Å²) in [5.74, 6) is -0.392. The van der Waals surface area contributed by atoms with E-state index in [9.17, 15) is 9.18 Å². The van der Waals surface area contributed by atoms with E-state index >= 15 is 0 Å². The summed E-state index contributed by atoms with van der Waals surface area (Å²) in [5, 5.41) is 2.33. The second-order valence-electron chi connectivity index (χ2n) is 1.89. The lowest BCUT2D eigenvalue weighted by atomic mass is 10.3. The third-order valence-corrected chi connectivity index (χ3v) is 1.79. The largest absolute Gasteiger partial charge is 0.329 e. The number of hydrogen-bond acceptors (Lipinski definition) is 1. The van der Waals surface area contributed by atoms with Gasteiger partial charge in [0.15, 0.2) is 0 Å². The normalized spacial score (nSPS) is 9.27. The van der Waals surface area contributed by atoms with Gasteiger partial charge in [-0.05, 0) is 34.1 Å². The van der Waals surface area contributed by atoms with Crippen LogP contribution in [0, 0.1) is 5.82 Å². The average Bonchev–Trinajstić information content (AvgIpc) is 1.98. The molecule has 0 spiro atoms. The van der Waals surface area contributed by atoms with Crippen LogP contribution in [0.15, 0.2) is 22.7 Å². The topological polar surface area (TPSA) is 29.1 Å². The molecule has 1 N–H and O–H groups in total. The van der Waals surface area contributed by atoms with Crippen molar-refractivity contribution in [2.45, 2.75) is 0 Å². The van der Waals surface area contributed by atoms with Gasteiger partial charge in [-0.15, -0.1) is 0 Å². The molecule has 1 aromatic carbocycles. The van der Waals surface area contributed by atoms with E-state index < -0.39 is 5.82 Å². The number of halogens is 2. The number of hydrogen-bond donors (Lipinski definition) is 1. The summed E-state index contributed by atoms with van der Waals surface area (Å²) < 4.78 is 13.1. The van der Waals surface area contributed by atoms with E-state index in [-0.39, 0.29) is 0 Å². The van der Waals surface area contributed by atoms with E-state index in [0.29, 0.717) is 16.6 Å². The summed E-state index contributed by atoms with van der Waals surface area (Å²) in [6.07, 6.45) is 0.503. The molecule has 0 saturated heterocycles. The van der Waals surface area contributed by atoms with Crippen molar-refractivity contribution in [2.24, 2.45) is 0 Å². The molecule has 0 aliphatic carbocycles. The molecule has 0 heterocycles. The minimum Gasteiger partial charge on any atom is -0.329 e. The van der Waals surface area contributed by atoms with Crippen LogP contribution in [0.5, 0.6) is 0 Å². The van der Waals surface area contributed by atoms with E-state index in [0.717, 1.165) is 0 Å². The molecule has 4 heteroatoms. The third-order valence-electron chi connectivity index (χ3n) is 1.15. The Labute approximate surface area is 71.5 Å². The zero-order valence-electron chi connectivity index (χ0n) is 5.47. The summed E-state index contributed by atoms with van der Waals surface area (Å²) in [7, 11) is 0. The van der Waals surface area contributed by atoms with Crippen LogP contribution in [-0.2, 0) is 4.79 Å². The van der Waals surface area contributed by atoms with Gasteiger partial charge in [0.05, 0.1) is 4.47 Å². The lowest BCUT2D eigenvalue weighted by Crippen LogP contribution is -1.93.